The minimum atomic E-state index is 0.534. The smallest absolute Gasteiger partial charge is 0.137 e. The van der Waals surface area contributed by atoms with E-state index in [-0.39, 0.29) is 0 Å². The molecule has 0 aliphatic heterocycles. The van der Waals surface area contributed by atoms with E-state index in [1.807, 2.05) is 0 Å². The maximum Gasteiger partial charge on any atom is 0.137 e. The summed E-state index contributed by atoms with van der Waals surface area (Å²) in [5.41, 5.74) is 0.984. The molecule has 5 heteroatoms. The third kappa shape index (κ3) is 3.64. The summed E-state index contributed by atoms with van der Waals surface area (Å²) >= 11 is 6.00. The number of hydrogen-bond acceptors (Lipinski definition) is 4. The third-order valence-corrected chi connectivity index (χ3v) is 2.32. The lowest BCUT2D eigenvalue weighted by Crippen LogP contribution is -2.11. The molecule has 1 N–H and O–H groups in total. The Morgan fingerprint density at radius 1 is 1.47 bits per heavy atom. The monoisotopic (exact) mass is 229 g/mol. The number of methoxy groups -OCH3 is 1. The van der Waals surface area contributed by atoms with Gasteiger partial charge >= 0.3 is 0 Å². The van der Waals surface area contributed by atoms with Crippen molar-refractivity contribution in [1.82, 2.24) is 9.97 Å². The molecule has 0 bridgehead atoms. The van der Waals surface area contributed by atoms with Gasteiger partial charge < -0.3 is 10.1 Å². The standard InChI is InChI=1S/C10H16ClN3O/c1-3-4-8-9(11)13-7-14-10(8)12-5-6-15-2/h7H,3-6H2,1-2H3,(H,12,13,14). The van der Waals surface area contributed by atoms with Gasteiger partial charge in [0, 0.05) is 19.2 Å². The number of anilines is 1. The van der Waals surface area contributed by atoms with Gasteiger partial charge in [-0.05, 0) is 6.42 Å². The summed E-state index contributed by atoms with van der Waals surface area (Å²) in [5, 5.41) is 3.71. The van der Waals surface area contributed by atoms with Crippen LogP contribution < -0.4 is 5.32 Å². The van der Waals surface area contributed by atoms with E-state index in [1.54, 1.807) is 7.11 Å². The first-order chi connectivity index (χ1) is 7.29. The molecule has 0 fully saturated rings. The normalized spacial score (nSPS) is 10.3. The van der Waals surface area contributed by atoms with Crippen molar-refractivity contribution in [3.8, 4) is 0 Å². The van der Waals surface area contributed by atoms with Gasteiger partial charge in [0.2, 0.25) is 0 Å². The molecule has 0 spiro atoms. The summed E-state index contributed by atoms with van der Waals surface area (Å²) in [5.74, 6) is 0.814. The first-order valence-corrected chi connectivity index (χ1v) is 5.39. The summed E-state index contributed by atoms with van der Waals surface area (Å²) in [6, 6.07) is 0. The Morgan fingerprint density at radius 3 is 2.93 bits per heavy atom. The molecule has 0 aliphatic rings. The van der Waals surface area contributed by atoms with E-state index in [2.05, 4.69) is 22.2 Å². The molecule has 0 unspecified atom stereocenters. The Kier molecular flexibility index (Phi) is 5.36. The van der Waals surface area contributed by atoms with Gasteiger partial charge in [0.25, 0.3) is 0 Å². The third-order valence-electron chi connectivity index (χ3n) is 1.99. The molecule has 0 saturated carbocycles. The van der Waals surface area contributed by atoms with E-state index < -0.39 is 0 Å². The lowest BCUT2D eigenvalue weighted by Gasteiger charge is -2.10. The number of aromatic nitrogens is 2. The van der Waals surface area contributed by atoms with Gasteiger partial charge in [0.1, 0.15) is 17.3 Å². The number of ether oxygens (including phenoxy) is 1. The van der Waals surface area contributed by atoms with Crippen molar-refractivity contribution in [3.05, 3.63) is 17.0 Å². The second-order valence-electron chi connectivity index (χ2n) is 3.16. The largest absolute Gasteiger partial charge is 0.383 e. The van der Waals surface area contributed by atoms with Crippen LogP contribution in [0.4, 0.5) is 5.82 Å². The van der Waals surface area contributed by atoms with Crippen molar-refractivity contribution >= 4 is 17.4 Å². The SMILES string of the molecule is CCCc1c(Cl)ncnc1NCCOC. The summed E-state index contributed by atoms with van der Waals surface area (Å²) in [6.07, 6.45) is 3.37. The van der Waals surface area contributed by atoms with Crippen LogP contribution in [0.5, 0.6) is 0 Å². The molecule has 1 aromatic heterocycles. The van der Waals surface area contributed by atoms with Crippen molar-refractivity contribution < 1.29 is 4.74 Å². The van der Waals surface area contributed by atoms with E-state index in [0.717, 1.165) is 30.8 Å². The fourth-order valence-electron chi connectivity index (χ4n) is 1.29. The van der Waals surface area contributed by atoms with Gasteiger partial charge in [-0.15, -0.1) is 0 Å². The zero-order valence-corrected chi connectivity index (χ0v) is 9.84. The van der Waals surface area contributed by atoms with Crippen LogP contribution in [-0.2, 0) is 11.2 Å². The Labute approximate surface area is 95.0 Å². The highest BCUT2D eigenvalue weighted by Gasteiger charge is 2.07. The van der Waals surface area contributed by atoms with E-state index in [0.29, 0.717) is 11.8 Å². The maximum absolute atomic E-state index is 6.00. The number of nitrogens with zero attached hydrogens (tertiary/aromatic N) is 2. The van der Waals surface area contributed by atoms with Crippen molar-refractivity contribution in [2.24, 2.45) is 0 Å². The summed E-state index contributed by atoms with van der Waals surface area (Å²) in [6.45, 7) is 3.47. The zero-order chi connectivity index (χ0) is 11.1. The van der Waals surface area contributed by atoms with Crippen LogP contribution >= 0.6 is 11.6 Å². The first-order valence-electron chi connectivity index (χ1n) is 5.01. The molecule has 1 rings (SSSR count). The molecule has 84 valence electrons. The molecule has 0 amide bonds. The van der Waals surface area contributed by atoms with Crippen molar-refractivity contribution in [3.63, 3.8) is 0 Å². The first kappa shape index (κ1) is 12.2. The Morgan fingerprint density at radius 2 is 2.27 bits per heavy atom. The van der Waals surface area contributed by atoms with Gasteiger partial charge in [0.05, 0.1) is 6.61 Å². The Hall–Kier alpha value is -0.870. The topological polar surface area (TPSA) is 47.0 Å². The fourth-order valence-corrected chi connectivity index (χ4v) is 1.51. The van der Waals surface area contributed by atoms with Crippen molar-refractivity contribution in [2.75, 3.05) is 25.6 Å². The summed E-state index contributed by atoms with van der Waals surface area (Å²) in [4.78, 5) is 8.14. The molecule has 0 atom stereocenters. The van der Waals surface area contributed by atoms with Crippen LogP contribution in [0.2, 0.25) is 5.15 Å². The minimum absolute atomic E-state index is 0.534. The second kappa shape index (κ2) is 6.58. The highest BCUT2D eigenvalue weighted by Crippen LogP contribution is 2.20. The predicted octanol–water partition coefficient (Wildman–Crippen LogP) is 2.14. The zero-order valence-electron chi connectivity index (χ0n) is 9.09. The quantitative estimate of drug-likeness (QED) is 0.600. The molecule has 1 heterocycles. The van der Waals surface area contributed by atoms with E-state index >= 15 is 0 Å². The average Bonchev–Trinajstić information content (AvgIpc) is 2.23. The molecular formula is C10H16ClN3O. The summed E-state index contributed by atoms with van der Waals surface area (Å²) in [7, 11) is 1.67. The fraction of sp³-hybridized carbons (Fsp3) is 0.600. The molecule has 15 heavy (non-hydrogen) atoms. The van der Waals surface area contributed by atoms with Gasteiger partial charge in [-0.2, -0.15) is 0 Å². The molecule has 4 nitrogen and oxygen atoms in total. The summed E-state index contributed by atoms with van der Waals surface area (Å²) < 4.78 is 4.95. The number of rotatable bonds is 6. The van der Waals surface area contributed by atoms with Crippen LogP contribution in [0.3, 0.4) is 0 Å². The Balaban J connectivity index is 2.71. The van der Waals surface area contributed by atoms with Crippen LogP contribution in [0.15, 0.2) is 6.33 Å². The van der Waals surface area contributed by atoms with Crippen molar-refractivity contribution in [2.45, 2.75) is 19.8 Å². The predicted molar refractivity (Wildman–Crippen MR) is 61.4 cm³/mol. The van der Waals surface area contributed by atoms with Crippen LogP contribution in [0.25, 0.3) is 0 Å². The number of nitrogens with one attached hydrogen (secondary N) is 1. The van der Waals surface area contributed by atoms with Crippen molar-refractivity contribution in [1.29, 1.82) is 0 Å². The molecular weight excluding hydrogens is 214 g/mol. The molecule has 1 aromatic rings. The van der Waals surface area contributed by atoms with Crippen LogP contribution in [-0.4, -0.2) is 30.2 Å². The van der Waals surface area contributed by atoms with Crippen LogP contribution in [0, 0.1) is 0 Å². The van der Waals surface area contributed by atoms with Crippen LogP contribution in [0.1, 0.15) is 18.9 Å². The molecule has 0 saturated heterocycles. The second-order valence-corrected chi connectivity index (χ2v) is 3.52. The highest BCUT2D eigenvalue weighted by molar-refractivity contribution is 6.30. The van der Waals surface area contributed by atoms with Gasteiger partial charge in [-0.1, -0.05) is 24.9 Å². The van der Waals surface area contributed by atoms with E-state index in [4.69, 9.17) is 16.3 Å². The average molecular weight is 230 g/mol. The maximum atomic E-state index is 6.00. The minimum Gasteiger partial charge on any atom is -0.383 e. The van der Waals surface area contributed by atoms with Gasteiger partial charge in [0.15, 0.2) is 0 Å². The van der Waals surface area contributed by atoms with Gasteiger partial charge in [-0.25, -0.2) is 9.97 Å². The highest BCUT2D eigenvalue weighted by atomic mass is 35.5. The van der Waals surface area contributed by atoms with Gasteiger partial charge in [-0.3, -0.25) is 0 Å². The lowest BCUT2D eigenvalue weighted by atomic mass is 10.2. The van der Waals surface area contributed by atoms with E-state index in [1.165, 1.54) is 6.33 Å². The lowest BCUT2D eigenvalue weighted by molar-refractivity contribution is 0.210. The molecule has 0 aliphatic carbocycles. The molecule has 0 radical (unpaired) electrons. The number of hydrogen-bond donors (Lipinski definition) is 1. The number of halogens is 1. The Bertz CT molecular complexity index is 307. The molecule has 0 aromatic carbocycles. The van der Waals surface area contributed by atoms with E-state index in [9.17, 15) is 0 Å².